The van der Waals surface area contributed by atoms with Gasteiger partial charge >= 0.3 is 0 Å². The molecule has 2 aromatic carbocycles. The van der Waals surface area contributed by atoms with Crippen molar-refractivity contribution in [1.82, 2.24) is 9.88 Å². The smallest absolute Gasteiger partial charge is 0.253 e. The first-order valence-electron chi connectivity index (χ1n) is 10.5. The number of ether oxygens (including phenoxy) is 2. The highest BCUT2D eigenvalue weighted by Crippen LogP contribution is 2.24. The van der Waals surface area contributed by atoms with Crippen molar-refractivity contribution < 1.29 is 9.47 Å². The fraction of sp³-hybridized carbons (Fsp3) is 0.333. The number of nitrogens with one attached hydrogen (secondary N) is 2. The number of aromatic nitrogens is 1. The van der Waals surface area contributed by atoms with Crippen molar-refractivity contribution in [3.05, 3.63) is 70.0 Å². The van der Waals surface area contributed by atoms with Crippen molar-refractivity contribution in [1.29, 1.82) is 0 Å². The average Bonchev–Trinajstić information content (AvgIpc) is 3.27. The molecule has 2 N–H and O–H groups in total. The number of pyridine rings is 1. The van der Waals surface area contributed by atoms with Crippen LogP contribution >= 0.6 is 12.2 Å². The highest BCUT2D eigenvalue weighted by molar-refractivity contribution is 7.80. The fourth-order valence-corrected chi connectivity index (χ4v) is 4.14. The Morgan fingerprint density at radius 1 is 1.29 bits per heavy atom. The third kappa shape index (κ3) is 5.06. The SMILES string of the molecule is COc1ccccc1NC(=S)N(Cc1cc2cc(C)ccc2[nH]c1=O)CC1CCCO1. The molecule has 1 saturated heterocycles. The number of fused-ring (bicyclic) bond motifs is 1. The van der Waals surface area contributed by atoms with Crippen molar-refractivity contribution in [2.45, 2.75) is 32.4 Å². The van der Waals surface area contributed by atoms with E-state index in [1.807, 2.05) is 54.3 Å². The first kappa shape index (κ1) is 21.3. The standard InChI is InChI=1S/C24H27N3O3S/c1-16-9-10-20-17(12-16)13-18(23(28)25-20)14-27(15-19-6-5-11-30-19)24(31)26-21-7-3-4-8-22(21)29-2/h3-4,7-10,12-13,19H,5-6,11,14-15H2,1-2H3,(H,25,28)(H,26,31). The van der Waals surface area contributed by atoms with Crippen LogP contribution in [0.25, 0.3) is 10.9 Å². The molecule has 1 unspecified atom stereocenters. The maximum Gasteiger partial charge on any atom is 0.253 e. The molecule has 0 amide bonds. The molecule has 31 heavy (non-hydrogen) atoms. The van der Waals surface area contributed by atoms with Crippen LogP contribution in [-0.2, 0) is 11.3 Å². The highest BCUT2D eigenvalue weighted by atomic mass is 32.1. The van der Waals surface area contributed by atoms with Crippen LogP contribution in [0.5, 0.6) is 5.75 Å². The normalized spacial score (nSPS) is 15.7. The Bertz CT molecular complexity index is 1140. The molecule has 6 nitrogen and oxygen atoms in total. The average molecular weight is 438 g/mol. The number of aromatic amines is 1. The van der Waals surface area contributed by atoms with Crippen LogP contribution in [0, 0.1) is 6.92 Å². The van der Waals surface area contributed by atoms with Gasteiger partial charge in [0, 0.05) is 24.2 Å². The maximum atomic E-state index is 12.8. The number of nitrogens with zero attached hydrogens (tertiary/aromatic N) is 1. The Morgan fingerprint density at radius 3 is 2.90 bits per heavy atom. The number of hydrogen-bond donors (Lipinski definition) is 2. The van der Waals surface area contributed by atoms with Crippen LogP contribution in [-0.4, -0.2) is 41.4 Å². The predicted molar refractivity (Wildman–Crippen MR) is 128 cm³/mol. The zero-order chi connectivity index (χ0) is 21.8. The van der Waals surface area contributed by atoms with Gasteiger partial charge in [0.2, 0.25) is 0 Å². The molecule has 3 aromatic rings. The lowest BCUT2D eigenvalue weighted by Gasteiger charge is -2.28. The summed E-state index contributed by atoms with van der Waals surface area (Å²) in [5, 5.41) is 4.83. The Morgan fingerprint density at radius 2 is 2.13 bits per heavy atom. The number of para-hydroxylation sites is 2. The van der Waals surface area contributed by atoms with Crippen molar-refractivity contribution in [2.75, 3.05) is 25.6 Å². The summed E-state index contributed by atoms with van der Waals surface area (Å²) in [4.78, 5) is 17.8. The van der Waals surface area contributed by atoms with Crippen LogP contribution in [0.1, 0.15) is 24.0 Å². The first-order valence-corrected chi connectivity index (χ1v) is 10.9. The van der Waals surface area contributed by atoms with Crippen molar-refractivity contribution in [3.8, 4) is 5.75 Å². The minimum Gasteiger partial charge on any atom is -0.495 e. The van der Waals surface area contributed by atoms with Gasteiger partial charge in [-0.25, -0.2) is 0 Å². The van der Waals surface area contributed by atoms with E-state index >= 15 is 0 Å². The van der Waals surface area contributed by atoms with Gasteiger partial charge in [-0.05, 0) is 67.7 Å². The molecule has 162 valence electrons. The maximum absolute atomic E-state index is 12.8. The topological polar surface area (TPSA) is 66.6 Å². The van der Waals surface area contributed by atoms with E-state index in [-0.39, 0.29) is 11.7 Å². The second kappa shape index (κ2) is 9.49. The molecule has 0 spiro atoms. The molecule has 4 rings (SSSR count). The van der Waals surface area contributed by atoms with E-state index in [1.54, 1.807) is 7.11 Å². The molecule has 2 heterocycles. The summed E-state index contributed by atoms with van der Waals surface area (Å²) < 4.78 is 11.3. The lowest BCUT2D eigenvalue weighted by atomic mass is 10.1. The molecule has 0 aliphatic carbocycles. The lowest BCUT2D eigenvalue weighted by molar-refractivity contribution is 0.0904. The van der Waals surface area contributed by atoms with Crippen LogP contribution in [0.4, 0.5) is 5.69 Å². The van der Waals surface area contributed by atoms with E-state index in [1.165, 1.54) is 0 Å². The molecule has 1 atom stereocenters. The minimum absolute atomic E-state index is 0.0965. The quantitative estimate of drug-likeness (QED) is 0.563. The van der Waals surface area contributed by atoms with E-state index in [0.717, 1.165) is 41.6 Å². The van der Waals surface area contributed by atoms with E-state index < -0.39 is 0 Å². The minimum atomic E-state index is -0.103. The number of anilines is 1. The van der Waals surface area contributed by atoms with Gasteiger partial charge in [-0.2, -0.15) is 0 Å². The van der Waals surface area contributed by atoms with Gasteiger partial charge < -0.3 is 24.7 Å². The van der Waals surface area contributed by atoms with Crippen LogP contribution in [0.15, 0.2) is 53.3 Å². The molecule has 1 aliphatic heterocycles. The first-order chi connectivity index (χ1) is 15.0. The Balaban J connectivity index is 1.61. The Kier molecular flexibility index (Phi) is 6.53. The largest absolute Gasteiger partial charge is 0.495 e. The molecular weight excluding hydrogens is 410 g/mol. The summed E-state index contributed by atoms with van der Waals surface area (Å²) in [5.74, 6) is 0.709. The van der Waals surface area contributed by atoms with E-state index in [0.29, 0.717) is 29.5 Å². The molecular formula is C24H27N3O3S. The number of benzene rings is 2. The number of thiocarbonyl (C=S) groups is 1. The van der Waals surface area contributed by atoms with Gasteiger partial charge in [-0.3, -0.25) is 4.79 Å². The summed E-state index contributed by atoms with van der Waals surface area (Å²) in [6.07, 6.45) is 2.13. The monoisotopic (exact) mass is 437 g/mol. The van der Waals surface area contributed by atoms with Gasteiger partial charge in [0.1, 0.15) is 5.75 Å². The predicted octanol–water partition coefficient (Wildman–Crippen LogP) is 4.22. The second-order valence-electron chi connectivity index (χ2n) is 7.86. The van der Waals surface area contributed by atoms with Crippen LogP contribution in [0.2, 0.25) is 0 Å². The molecule has 0 radical (unpaired) electrons. The summed E-state index contributed by atoms with van der Waals surface area (Å²) >= 11 is 5.75. The third-order valence-electron chi connectivity index (χ3n) is 5.52. The zero-order valence-electron chi connectivity index (χ0n) is 17.8. The second-order valence-corrected chi connectivity index (χ2v) is 8.25. The molecule has 1 aliphatic rings. The number of hydrogen-bond acceptors (Lipinski definition) is 4. The van der Waals surface area contributed by atoms with Gasteiger partial charge in [0.25, 0.3) is 5.56 Å². The summed E-state index contributed by atoms with van der Waals surface area (Å²) in [6.45, 7) is 3.81. The van der Waals surface area contributed by atoms with Crippen LogP contribution < -0.4 is 15.6 Å². The Hall–Kier alpha value is -2.90. The van der Waals surface area contributed by atoms with E-state index in [9.17, 15) is 4.79 Å². The fourth-order valence-electron chi connectivity index (χ4n) is 3.89. The number of rotatable bonds is 6. The van der Waals surface area contributed by atoms with Crippen molar-refractivity contribution >= 4 is 33.9 Å². The lowest BCUT2D eigenvalue weighted by Crippen LogP contribution is -2.40. The summed E-state index contributed by atoms with van der Waals surface area (Å²) in [7, 11) is 1.63. The van der Waals surface area contributed by atoms with E-state index in [2.05, 4.69) is 16.4 Å². The van der Waals surface area contributed by atoms with Crippen LogP contribution in [0.3, 0.4) is 0 Å². The summed E-state index contributed by atoms with van der Waals surface area (Å²) in [6, 6.07) is 15.6. The van der Waals surface area contributed by atoms with Crippen molar-refractivity contribution in [3.63, 3.8) is 0 Å². The van der Waals surface area contributed by atoms with Gasteiger partial charge in [0.15, 0.2) is 5.11 Å². The summed E-state index contributed by atoms with van der Waals surface area (Å²) in [5.41, 5.74) is 3.33. The van der Waals surface area contributed by atoms with Gasteiger partial charge in [0.05, 0.1) is 25.4 Å². The number of aryl methyl sites for hydroxylation is 1. The molecule has 1 aromatic heterocycles. The molecule has 7 heteroatoms. The molecule has 0 bridgehead atoms. The number of methoxy groups -OCH3 is 1. The zero-order valence-corrected chi connectivity index (χ0v) is 18.6. The molecule has 1 fully saturated rings. The van der Waals surface area contributed by atoms with Gasteiger partial charge in [-0.15, -0.1) is 0 Å². The van der Waals surface area contributed by atoms with E-state index in [4.69, 9.17) is 21.7 Å². The van der Waals surface area contributed by atoms with Crippen molar-refractivity contribution in [2.24, 2.45) is 0 Å². The highest BCUT2D eigenvalue weighted by Gasteiger charge is 2.22. The Labute approximate surface area is 187 Å². The number of H-pyrrole nitrogens is 1. The molecule has 0 saturated carbocycles. The van der Waals surface area contributed by atoms with Gasteiger partial charge in [-0.1, -0.05) is 23.8 Å². The third-order valence-corrected chi connectivity index (χ3v) is 5.88.